The molecule has 1 heterocycles. The van der Waals surface area contributed by atoms with Crippen LogP contribution >= 0.6 is 23.2 Å². The van der Waals surface area contributed by atoms with Crippen molar-refractivity contribution in [3.05, 3.63) is 28.2 Å². The third kappa shape index (κ3) is 2.44. The summed E-state index contributed by atoms with van der Waals surface area (Å²) in [5.41, 5.74) is 0.602. The molecule has 1 unspecified atom stereocenters. The number of carbonyl (C=O) groups excluding carboxylic acids is 2. The third-order valence-corrected chi connectivity index (χ3v) is 3.37. The molecule has 0 aliphatic carbocycles. The molecular weight excluding hydrogens is 275 g/mol. The predicted molar refractivity (Wildman–Crippen MR) is 70.9 cm³/mol. The molecule has 0 bridgehead atoms. The molecule has 1 fully saturated rings. The van der Waals surface area contributed by atoms with E-state index in [-0.39, 0.29) is 18.2 Å². The van der Waals surface area contributed by atoms with Gasteiger partial charge in [-0.15, -0.1) is 0 Å². The molecule has 1 atom stereocenters. The lowest BCUT2D eigenvalue weighted by atomic mass is 10.2. The Kier molecular flexibility index (Phi) is 3.78. The first-order valence-electron chi connectivity index (χ1n) is 5.58. The van der Waals surface area contributed by atoms with Gasteiger partial charge in [-0.05, 0) is 25.1 Å². The second-order valence-electron chi connectivity index (χ2n) is 4.00. The number of carbonyl (C=O) groups is 2. The summed E-state index contributed by atoms with van der Waals surface area (Å²) >= 11 is 11.8. The zero-order valence-electron chi connectivity index (χ0n) is 9.74. The maximum atomic E-state index is 11.9. The van der Waals surface area contributed by atoms with E-state index < -0.39 is 6.04 Å². The molecule has 0 spiro atoms. The van der Waals surface area contributed by atoms with Gasteiger partial charge in [-0.1, -0.05) is 23.2 Å². The number of rotatable bonds is 3. The Labute approximate surface area is 115 Å². The summed E-state index contributed by atoms with van der Waals surface area (Å²) in [6, 6.07) is 4.41. The van der Waals surface area contributed by atoms with Crippen LogP contribution in [0.1, 0.15) is 13.3 Å². The van der Waals surface area contributed by atoms with Crippen molar-refractivity contribution in [2.45, 2.75) is 19.4 Å². The van der Waals surface area contributed by atoms with Crippen molar-refractivity contribution >= 4 is 40.7 Å². The fourth-order valence-corrected chi connectivity index (χ4v) is 2.39. The fraction of sp³-hybridized carbons (Fsp3) is 0.333. The molecule has 1 aliphatic heterocycles. The van der Waals surface area contributed by atoms with Crippen LogP contribution in [0.2, 0.25) is 10.0 Å². The summed E-state index contributed by atoms with van der Waals surface area (Å²) in [6.07, 6.45) is 0.158. The van der Waals surface area contributed by atoms with Crippen molar-refractivity contribution in [1.82, 2.24) is 4.90 Å². The quantitative estimate of drug-likeness (QED) is 0.869. The van der Waals surface area contributed by atoms with Gasteiger partial charge in [0.15, 0.2) is 0 Å². The van der Waals surface area contributed by atoms with Gasteiger partial charge < -0.3 is 5.32 Å². The van der Waals surface area contributed by atoms with Crippen LogP contribution in [-0.4, -0.2) is 29.3 Å². The van der Waals surface area contributed by atoms with E-state index in [1.165, 1.54) is 4.90 Å². The summed E-state index contributed by atoms with van der Waals surface area (Å²) in [4.78, 5) is 24.7. The largest absolute Gasteiger partial charge is 0.372 e. The van der Waals surface area contributed by atoms with Crippen LogP contribution in [0.15, 0.2) is 18.2 Å². The lowest BCUT2D eigenvalue weighted by Gasteiger charge is -2.15. The number of anilines is 1. The molecule has 4 nitrogen and oxygen atoms in total. The van der Waals surface area contributed by atoms with Gasteiger partial charge in [0.2, 0.25) is 5.91 Å². The highest BCUT2D eigenvalue weighted by molar-refractivity contribution is 6.36. The Morgan fingerprint density at radius 3 is 2.67 bits per heavy atom. The Balaban J connectivity index is 2.15. The van der Waals surface area contributed by atoms with E-state index in [0.29, 0.717) is 22.3 Å². The minimum absolute atomic E-state index is 0.158. The van der Waals surface area contributed by atoms with E-state index in [1.54, 1.807) is 25.1 Å². The van der Waals surface area contributed by atoms with E-state index in [1.807, 2.05) is 0 Å². The Bertz CT molecular complexity index is 505. The second-order valence-corrected chi connectivity index (χ2v) is 4.85. The first-order valence-corrected chi connectivity index (χ1v) is 6.34. The first kappa shape index (κ1) is 13.2. The van der Waals surface area contributed by atoms with E-state index in [2.05, 4.69) is 5.32 Å². The number of likely N-dealkylation sites (N-methyl/N-ethyl adjacent to an activating group) is 1. The summed E-state index contributed by atoms with van der Waals surface area (Å²) in [5.74, 6) is -0.376. The molecule has 6 heteroatoms. The van der Waals surface area contributed by atoms with Crippen molar-refractivity contribution in [3.8, 4) is 0 Å². The van der Waals surface area contributed by atoms with Crippen molar-refractivity contribution < 1.29 is 9.59 Å². The lowest BCUT2D eigenvalue weighted by Crippen LogP contribution is -2.34. The van der Waals surface area contributed by atoms with Crippen molar-refractivity contribution in [2.75, 3.05) is 11.9 Å². The van der Waals surface area contributed by atoms with Crippen LogP contribution in [0.5, 0.6) is 0 Å². The van der Waals surface area contributed by atoms with Crippen LogP contribution in [0.3, 0.4) is 0 Å². The molecule has 96 valence electrons. The van der Waals surface area contributed by atoms with Crippen LogP contribution in [0.4, 0.5) is 5.69 Å². The minimum atomic E-state index is -0.545. The lowest BCUT2D eigenvalue weighted by molar-refractivity contribution is -0.138. The number of amides is 2. The highest BCUT2D eigenvalue weighted by atomic mass is 35.5. The predicted octanol–water partition coefficient (Wildman–Crippen LogP) is 2.55. The molecular formula is C12H12Cl2N2O2. The van der Waals surface area contributed by atoms with Gasteiger partial charge in [0, 0.05) is 11.6 Å². The van der Waals surface area contributed by atoms with Crippen molar-refractivity contribution in [3.63, 3.8) is 0 Å². The number of benzene rings is 1. The molecule has 1 aromatic carbocycles. The van der Waals surface area contributed by atoms with Gasteiger partial charge in [0.1, 0.15) is 6.04 Å². The Hall–Kier alpha value is -1.26. The van der Waals surface area contributed by atoms with E-state index in [0.717, 1.165) is 0 Å². The van der Waals surface area contributed by atoms with Crippen LogP contribution < -0.4 is 5.32 Å². The molecule has 2 amide bonds. The smallest absolute Gasteiger partial charge is 0.252 e. The number of imide groups is 1. The van der Waals surface area contributed by atoms with Gasteiger partial charge >= 0.3 is 0 Å². The fourth-order valence-electron chi connectivity index (χ4n) is 1.92. The molecule has 0 radical (unpaired) electrons. The molecule has 1 saturated heterocycles. The zero-order valence-corrected chi connectivity index (χ0v) is 11.3. The number of halogens is 2. The maximum Gasteiger partial charge on any atom is 0.252 e. The number of hydrogen-bond donors (Lipinski definition) is 1. The van der Waals surface area contributed by atoms with E-state index >= 15 is 0 Å². The van der Waals surface area contributed by atoms with Gasteiger partial charge in [0.05, 0.1) is 17.1 Å². The summed E-state index contributed by atoms with van der Waals surface area (Å²) < 4.78 is 0. The number of hydrogen-bond acceptors (Lipinski definition) is 3. The van der Waals surface area contributed by atoms with Crippen LogP contribution in [-0.2, 0) is 9.59 Å². The highest BCUT2D eigenvalue weighted by Crippen LogP contribution is 2.27. The average molecular weight is 287 g/mol. The van der Waals surface area contributed by atoms with Crippen LogP contribution in [0, 0.1) is 0 Å². The van der Waals surface area contributed by atoms with Crippen molar-refractivity contribution in [1.29, 1.82) is 0 Å². The van der Waals surface area contributed by atoms with Gasteiger partial charge in [-0.2, -0.15) is 0 Å². The van der Waals surface area contributed by atoms with E-state index in [4.69, 9.17) is 23.2 Å². The van der Waals surface area contributed by atoms with Gasteiger partial charge in [0.25, 0.3) is 5.91 Å². The molecule has 1 N–H and O–H groups in total. The summed E-state index contributed by atoms with van der Waals surface area (Å²) in [5, 5.41) is 3.93. The first-order chi connectivity index (χ1) is 8.52. The van der Waals surface area contributed by atoms with Gasteiger partial charge in [-0.25, -0.2) is 0 Å². The molecule has 0 aromatic heterocycles. The van der Waals surface area contributed by atoms with Crippen molar-refractivity contribution in [2.24, 2.45) is 0 Å². The number of nitrogens with zero attached hydrogens (tertiary/aromatic N) is 1. The Morgan fingerprint density at radius 2 is 2.11 bits per heavy atom. The highest BCUT2D eigenvalue weighted by Gasteiger charge is 2.37. The summed E-state index contributed by atoms with van der Waals surface area (Å²) in [6.45, 7) is 2.16. The topological polar surface area (TPSA) is 49.4 Å². The van der Waals surface area contributed by atoms with Crippen LogP contribution in [0.25, 0.3) is 0 Å². The maximum absolute atomic E-state index is 11.9. The summed E-state index contributed by atoms with van der Waals surface area (Å²) in [7, 11) is 0. The molecule has 18 heavy (non-hydrogen) atoms. The molecule has 1 aromatic rings. The SMILES string of the molecule is CCN1C(=O)CC(Nc2ccc(Cl)cc2Cl)C1=O. The number of likely N-dealkylation sites (tertiary alicyclic amines) is 1. The Morgan fingerprint density at radius 1 is 1.39 bits per heavy atom. The van der Waals surface area contributed by atoms with Gasteiger partial charge in [-0.3, -0.25) is 14.5 Å². The molecule has 0 saturated carbocycles. The average Bonchev–Trinajstić information content (AvgIpc) is 2.58. The molecule has 2 rings (SSSR count). The monoisotopic (exact) mass is 286 g/mol. The third-order valence-electron chi connectivity index (χ3n) is 2.82. The minimum Gasteiger partial charge on any atom is -0.372 e. The van der Waals surface area contributed by atoms with E-state index in [9.17, 15) is 9.59 Å². The number of nitrogens with one attached hydrogen (secondary N) is 1. The normalized spacial score (nSPS) is 19.5. The standard InChI is InChI=1S/C12H12Cl2N2O2/c1-2-16-11(17)6-10(12(16)18)15-9-4-3-7(13)5-8(9)14/h3-5,10,15H,2,6H2,1H3. The second kappa shape index (κ2) is 5.16. The molecule has 1 aliphatic rings. The zero-order chi connectivity index (χ0) is 13.3.